The van der Waals surface area contributed by atoms with E-state index in [1.807, 2.05) is 24.3 Å². The van der Waals surface area contributed by atoms with Crippen molar-refractivity contribution < 1.29 is 0 Å². The Bertz CT molecular complexity index is 543. The summed E-state index contributed by atoms with van der Waals surface area (Å²) in [5.41, 5.74) is 7.43. The summed E-state index contributed by atoms with van der Waals surface area (Å²) in [6.45, 7) is 0. The Kier molecular flexibility index (Phi) is 2.10. The fraction of sp³-hybridized carbons (Fsp3) is 0. The number of nitrogens with zero attached hydrogens (tertiary/aromatic N) is 2. The Morgan fingerprint density at radius 1 is 1.43 bits per heavy atom. The summed E-state index contributed by atoms with van der Waals surface area (Å²) in [5, 5.41) is 9.59. The number of nitriles is 1. The van der Waals surface area contributed by atoms with Gasteiger partial charge in [-0.1, -0.05) is 12.1 Å². The molecule has 1 aromatic carbocycles. The molecule has 0 aliphatic rings. The average molecular weight is 248 g/mol. The van der Waals surface area contributed by atoms with Crippen LogP contribution in [0.2, 0.25) is 0 Å². The predicted molar refractivity (Wildman–Crippen MR) is 58.6 cm³/mol. The van der Waals surface area contributed by atoms with Crippen LogP contribution in [0, 0.1) is 11.3 Å². The lowest BCUT2D eigenvalue weighted by molar-refractivity contribution is 1.32. The normalized spacial score (nSPS) is 10.0. The number of benzene rings is 1. The highest BCUT2D eigenvalue weighted by Gasteiger charge is 2.05. The van der Waals surface area contributed by atoms with Gasteiger partial charge >= 0.3 is 0 Å². The van der Waals surface area contributed by atoms with E-state index in [9.17, 15) is 0 Å². The summed E-state index contributed by atoms with van der Waals surface area (Å²) in [6, 6.07) is 9.19. The van der Waals surface area contributed by atoms with Crippen molar-refractivity contribution in [3.05, 3.63) is 34.4 Å². The van der Waals surface area contributed by atoms with E-state index >= 15 is 0 Å². The molecule has 0 fully saturated rings. The Labute approximate surface area is 89.3 Å². The summed E-state index contributed by atoms with van der Waals surface area (Å²) in [6.07, 6.45) is 0. The summed E-state index contributed by atoms with van der Waals surface area (Å²) >= 11 is 3.37. The minimum absolute atomic E-state index is 0.335. The van der Waals surface area contributed by atoms with Crippen molar-refractivity contribution in [1.82, 2.24) is 4.98 Å². The number of nitrogen functional groups attached to an aromatic ring is 1. The highest BCUT2D eigenvalue weighted by molar-refractivity contribution is 9.10. The molecule has 0 saturated carbocycles. The molecule has 2 N–H and O–H groups in total. The minimum atomic E-state index is 0.335. The van der Waals surface area contributed by atoms with Crippen molar-refractivity contribution in [3.63, 3.8) is 0 Å². The van der Waals surface area contributed by atoms with Gasteiger partial charge in [-0.25, -0.2) is 4.98 Å². The third kappa shape index (κ3) is 1.32. The number of fused-ring (bicyclic) bond motifs is 1. The molecule has 2 aromatic rings. The van der Waals surface area contributed by atoms with Crippen molar-refractivity contribution >= 4 is 32.5 Å². The zero-order valence-electron chi connectivity index (χ0n) is 7.16. The van der Waals surface area contributed by atoms with Crippen molar-refractivity contribution in [3.8, 4) is 6.07 Å². The number of hydrogen-bond donors (Lipinski definition) is 1. The van der Waals surface area contributed by atoms with Crippen molar-refractivity contribution in [2.75, 3.05) is 5.73 Å². The standard InChI is InChI=1S/C10H6BrN3/c11-8-3-1-2-7-9(13)4-6(5-12)14-10(7)8/h1-4H,(H2,13,14). The molecule has 68 valence electrons. The second-order valence-corrected chi connectivity index (χ2v) is 3.70. The molecule has 4 heteroatoms. The first-order valence-electron chi connectivity index (χ1n) is 3.97. The third-order valence-electron chi connectivity index (χ3n) is 1.94. The van der Waals surface area contributed by atoms with Gasteiger partial charge in [-0.05, 0) is 28.1 Å². The zero-order valence-corrected chi connectivity index (χ0v) is 8.75. The second kappa shape index (κ2) is 3.28. The first-order chi connectivity index (χ1) is 6.72. The number of halogens is 1. The Hall–Kier alpha value is -1.60. The second-order valence-electron chi connectivity index (χ2n) is 2.84. The molecule has 14 heavy (non-hydrogen) atoms. The molecule has 0 bridgehead atoms. The Morgan fingerprint density at radius 2 is 2.21 bits per heavy atom. The lowest BCUT2D eigenvalue weighted by atomic mass is 10.1. The van der Waals surface area contributed by atoms with Crippen LogP contribution >= 0.6 is 15.9 Å². The monoisotopic (exact) mass is 247 g/mol. The van der Waals surface area contributed by atoms with Gasteiger partial charge in [0.15, 0.2) is 0 Å². The van der Waals surface area contributed by atoms with E-state index < -0.39 is 0 Å². The van der Waals surface area contributed by atoms with E-state index in [-0.39, 0.29) is 0 Å². The topological polar surface area (TPSA) is 62.7 Å². The van der Waals surface area contributed by atoms with E-state index in [2.05, 4.69) is 20.9 Å². The number of anilines is 1. The summed E-state index contributed by atoms with van der Waals surface area (Å²) in [4.78, 5) is 4.17. The summed E-state index contributed by atoms with van der Waals surface area (Å²) in [5.74, 6) is 0. The van der Waals surface area contributed by atoms with Crippen LogP contribution in [-0.4, -0.2) is 4.98 Å². The molecular formula is C10H6BrN3. The van der Waals surface area contributed by atoms with Crippen molar-refractivity contribution in [2.24, 2.45) is 0 Å². The van der Waals surface area contributed by atoms with E-state index in [0.717, 1.165) is 15.4 Å². The van der Waals surface area contributed by atoms with Gasteiger partial charge < -0.3 is 5.73 Å². The van der Waals surface area contributed by atoms with E-state index in [0.29, 0.717) is 11.4 Å². The van der Waals surface area contributed by atoms with Gasteiger partial charge in [0.2, 0.25) is 0 Å². The van der Waals surface area contributed by atoms with Crippen LogP contribution in [-0.2, 0) is 0 Å². The van der Waals surface area contributed by atoms with Gasteiger partial charge in [-0.2, -0.15) is 5.26 Å². The fourth-order valence-corrected chi connectivity index (χ4v) is 1.75. The maximum atomic E-state index is 8.73. The third-order valence-corrected chi connectivity index (χ3v) is 2.58. The molecular weight excluding hydrogens is 242 g/mol. The van der Waals surface area contributed by atoms with Crippen LogP contribution in [0.25, 0.3) is 10.9 Å². The molecule has 0 unspecified atom stereocenters. The molecule has 0 spiro atoms. The van der Waals surface area contributed by atoms with Crippen LogP contribution in [0.15, 0.2) is 28.7 Å². The van der Waals surface area contributed by atoms with Crippen molar-refractivity contribution in [1.29, 1.82) is 5.26 Å². The van der Waals surface area contributed by atoms with Gasteiger partial charge in [0.05, 0.1) is 5.52 Å². The maximum Gasteiger partial charge on any atom is 0.143 e. The first kappa shape index (κ1) is 8.97. The molecule has 2 rings (SSSR count). The quantitative estimate of drug-likeness (QED) is 0.778. The summed E-state index contributed by atoms with van der Waals surface area (Å²) in [7, 11) is 0. The number of aromatic nitrogens is 1. The van der Waals surface area contributed by atoms with Crippen LogP contribution < -0.4 is 5.73 Å². The van der Waals surface area contributed by atoms with Crippen LogP contribution in [0.5, 0.6) is 0 Å². The van der Waals surface area contributed by atoms with E-state index in [1.165, 1.54) is 0 Å². The maximum absolute atomic E-state index is 8.73. The lowest BCUT2D eigenvalue weighted by Crippen LogP contribution is -1.92. The Balaban J connectivity index is 2.92. The SMILES string of the molecule is N#Cc1cc(N)c2cccc(Br)c2n1. The van der Waals surface area contributed by atoms with Crippen LogP contribution in [0.1, 0.15) is 5.69 Å². The van der Waals surface area contributed by atoms with Gasteiger partial charge in [0.25, 0.3) is 0 Å². The molecule has 0 aliphatic heterocycles. The molecule has 1 heterocycles. The molecule has 1 aromatic heterocycles. The molecule has 0 atom stereocenters. The van der Waals surface area contributed by atoms with Gasteiger partial charge in [-0.3, -0.25) is 0 Å². The van der Waals surface area contributed by atoms with Crippen LogP contribution in [0.4, 0.5) is 5.69 Å². The smallest absolute Gasteiger partial charge is 0.143 e. The average Bonchev–Trinajstić information content (AvgIpc) is 2.19. The molecule has 0 aliphatic carbocycles. The highest BCUT2D eigenvalue weighted by Crippen LogP contribution is 2.26. The molecule has 3 nitrogen and oxygen atoms in total. The van der Waals surface area contributed by atoms with Gasteiger partial charge in [0, 0.05) is 15.5 Å². The summed E-state index contributed by atoms with van der Waals surface area (Å²) < 4.78 is 0.846. The fourth-order valence-electron chi connectivity index (χ4n) is 1.30. The number of rotatable bonds is 0. The lowest BCUT2D eigenvalue weighted by Gasteiger charge is -2.03. The van der Waals surface area contributed by atoms with E-state index in [1.54, 1.807) is 6.07 Å². The number of pyridine rings is 1. The number of hydrogen-bond acceptors (Lipinski definition) is 3. The molecule has 0 amide bonds. The van der Waals surface area contributed by atoms with Crippen LogP contribution in [0.3, 0.4) is 0 Å². The Morgan fingerprint density at radius 3 is 2.93 bits per heavy atom. The van der Waals surface area contributed by atoms with E-state index in [4.69, 9.17) is 11.0 Å². The minimum Gasteiger partial charge on any atom is -0.398 e. The molecule has 0 saturated heterocycles. The predicted octanol–water partition coefficient (Wildman–Crippen LogP) is 2.45. The number of nitrogens with two attached hydrogens (primary N) is 1. The number of para-hydroxylation sites is 1. The zero-order chi connectivity index (χ0) is 10.1. The first-order valence-corrected chi connectivity index (χ1v) is 4.76. The van der Waals surface area contributed by atoms with Crippen molar-refractivity contribution in [2.45, 2.75) is 0 Å². The highest BCUT2D eigenvalue weighted by atomic mass is 79.9. The van der Waals surface area contributed by atoms with Gasteiger partial charge in [0.1, 0.15) is 11.8 Å². The van der Waals surface area contributed by atoms with Gasteiger partial charge in [-0.15, -0.1) is 0 Å². The molecule has 0 radical (unpaired) electrons. The largest absolute Gasteiger partial charge is 0.398 e.